The minimum Gasteiger partial charge on any atom is -0.383 e. The highest BCUT2D eigenvalue weighted by molar-refractivity contribution is 6.35. The molecule has 0 aliphatic carbocycles. The topological polar surface area (TPSA) is 77.8 Å². The molecule has 0 spiro atoms. The number of aromatic nitrogens is 2. The average molecular weight is 209 g/mol. The molecule has 0 aliphatic rings. The molecular weight excluding hydrogens is 200 g/mol. The van der Waals surface area contributed by atoms with Gasteiger partial charge in [-0.2, -0.15) is 4.98 Å². The Morgan fingerprint density at radius 1 is 1.21 bits per heavy atom. The van der Waals surface area contributed by atoms with Gasteiger partial charge in [0.2, 0.25) is 5.95 Å². The largest absolute Gasteiger partial charge is 0.383 e. The molecule has 5 heteroatoms. The Bertz CT molecular complexity index is 510. The molecule has 1 heterocycles. The zero-order valence-corrected chi connectivity index (χ0v) is 8.34. The van der Waals surface area contributed by atoms with Gasteiger partial charge in [-0.25, -0.2) is 4.98 Å². The molecule has 4 nitrogen and oxygen atoms in total. The summed E-state index contributed by atoms with van der Waals surface area (Å²) in [5, 5.41) is 1.30. The van der Waals surface area contributed by atoms with Crippen LogP contribution in [0.5, 0.6) is 0 Å². The number of fused-ring (bicyclic) bond motifs is 1. The van der Waals surface area contributed by atoms with Crippen LogP contribution in [-0.2, 0) is 0 Å². The molecule has 0 saturated heterocycles. The summed E-state index contributed by atoms with van der Waals surface area (Å²) in [6.07, 6.45) is 0. The van der Waals surface area contributed by atoms with Crippen LogP contribution >= 0.6 is 11.6 Å². The van der Waals surface area contributed by atoms with Crippen LogP contribution in [0.15, 0.2) is 12.1 Å². The van der Waals surface area contributed by atoms with Crippen molar-refractivity contribution in [3.63, 3.8) is 0 Å². The summed E-state index contributed by atoms with van der Waals surface area (Å²) in [6.45, 7) is 1.93. The third-order valence-corrected chi connectivity index (χ3v) is 2.36. The summed E-state index contributed by atoms with van der Waals surface area (Å²) in [6, 6.07) is 3.64. The molecule has 0 radical (unpaired) electrons. The second-order valence-electron chi connectivity index (χ2n) is 3.05. The number of nitrogens with two attached hydrogens (primary N) is 2. The van der Waals surface area contributed by atoms with Crippen LogP contribution in [0.4, 0.5) is 11.8 Å². The van der Waals surface area contributed by atoms with Gasteiger partial charge in [0, 0.05) is 5.39 Å². The fourth-order valence-electron chi connectivity index (χ4n) is 1.42. The van der Waals surface area contributed by atoms with E-state index < -0.39 is 0 Å². The van der Waals surface area contributed by atoms with Crippen LogP contribution in [0, 0.1) is 6.92 Å². The number of hydrogen-bond donors (Lipinski definition) is 2. The molecule has 0 amide bonds. The van der Waals surface area contributed by atoms with Crippen molar-refractivity contribution >= 4 is 34.3 Å². The van der Waals surface area contributed by atoms with E-state index in [0.29, 0.717) is 16.4 Å². The summed E-state index contributed by atoms with van der Waals surface area (Å²) in [5.41, 5.74) is 12.8. The lowest BCUT2D eigenvalue weighted by Crippen LogP contribution is -2.01. The Balaban J connectivity index is 3.00. The van der Waals surface area contributed by atoms with Crippen molar-refractivity contribution in [3.05, 3.63) is 22.7 Å². The SMILES string of the molecule is Cc1ccc(Cl)c2nc(N)nc(N)c12. The summed E-state index contributed by atoms with van der Waals surface area (Å²) in [5.74, 6) is 0.509. The van der Waals surface area contributed by atoms with E-state index in [1.165, 1.54) is 0 Å². The highest BCUT2D eigenvalue weighted by Crippen LogP contribution is 2.28. The number of rotatable bonds is 0. The molecule has 0 aliphatic heterocycles. The maximum absolute atomic E-state index is 5.97. The summed E-state index contributed by atoms with van der Waals surface area (Å²) in [7, 11) is 0. The molecule has 2 aromatic rings. The van der Waals surface area contributed by atoms with E-state index in [1.807, 2.05) is 13.0 Å². The standard InChI is InChI=1S/C9H9ClN4/c1-4-2-3-5(10)7-6(4)8(11)14-9(12)13-7/h2-3H,1H3,(H4,11,12,13,14). The number of hydrogen-bond acceptors (Lipinski definition) is 4. The first-order valence-electron chi connectivity index (χ1n) is 4.07. The molecule has 0 saturated carbocycles. The summed E-state index contributed by atoms with van der Waals surface area (Å²) in [4.78, 5) is 7.94. The summed E-state index contributed by atoms with van der Waals surface area (Å²) < 4.78 is 0. The molecule has 0 bridgehead atoms. The Kier molecular flexibility index (Phi) is 1.93. The lowest BCUT2D eigenvalue weighted by molar-refractivity contribution is 1.24. The first-order valence-corrected chi connectivity index (χ1v) is 4.45. The second-order valence-corrected chi connectivity index (χ2v) is 3.46. The normalized spacial score (nSPS) is 10.7. The van der Waals surface area contributed by atoms with Crippen molar-refractivity contribution in [1.29, 1.82) is 0 Å². The van der Waals surface area contributed by atoms with E-state index in [4.69, 9.17) is 23.1 Å². The molecule has 14 heavy (non-hydrogen) atoms. The van der Waals surface area contributed by atoms with Crippen molar-refractivity contribution in [1.82, 2.24) is 9.97 Å². The van der Waals surface area contributed by atoms with E-state index in [9.17, 15) is 0 Å². The third-order valence-electron chi connectivity index (χ3n) is 2.05. The quantitative estimate of drug-likeness (QED) is 0.692. The number of aryl methyl sites for hydroxylation is 1. The highest BCUT2D eigenvalue weighted by atomic mass is 35.5. The molecule has 0 atom stereocenters. The van der Waals surface area contributed by atoms with Gasteiger partial charge in [0.1, 0.15) is 5.82 Å². The number of nitrogen functional groups attached to an aromatic ring is 2. The lowest BCUT2D eigenvalue weighted by atomic mass is 10.1. The van der Waals surface area contributed by atoms with E-state index in [2.05, 4.69) is 9.97 Å². The zero-order chi connectivity index (χ0) is 10.3. The Morgan fingerprint density at radius 3 is 2.64 bits per heavy atom. The third kappa shape index (κ3) is 1.24. The van der Waals surface area contributed by atoms with Gasteiger partial charge in [0.15, 0.2) is 0 Å². The Morgan fingerprint density at radius 2 is 1.93 bits per heavy atom. The van der Waals surface area contributed by atoms with Gasteiger partial charge in [-0.1, -0.05) is 17.7 Å². The first kappa shape index (κ1) is 9.02. The van der Waals surface area contributed by atoms with Crippen molar-refractivity contribution in [2.24, 2.45) is 0 Å². The number of nitrogens with zero attached hydrogens (tertiary/aromatic N) is 2. The monoisotopic (exact) mass is 208 g/mol. The molecule has 2 rings (SSSR count). The molecular formula is C9H9ClN4. The molecule has 0 fully saturated rings. The van der Waals surface area contributed by atoms with Gasteiger partial charge in [-0.15, -0.1) is 0 Å². The van der Waals surface area contributed by atoms with E-state index >= 15 is 0 Å². The van der Waals surface area contributed by atoms with E-state index in [1.54, 1.807) is 6.07 Å². The van der Waals surface area contributed by atoms with Crippen LogP contribution in [-0.4, -0.2) is 9.97 Å². The summed E-state index contributed by atoms with van der Waals surface area (Å²) >= 11 is 5.97. The van der Waals surface area contributed by atoms with Crippen LogP contribution in [0.3, 0.4) is 0 Å². The van der Waals surface area contributed by atoms with Gasteiger partial charge in [0.25, 0.3) is 0 Å². The predicted octanol–water partition coefficient (Wildman–Crippen LogP) is 1.76. The average Bonchev–Trinajstić information content (AvgIpc) is 2.10. The van der Waals surface area contributed by atoms with Gasteiger partial charge >= 0.3 is 0 Å². The Labute approximate surface area is 85.9 Å². The van der Waals surface area contributed by atoms with Crippen molar-refractivity contribution in [2.45, 2.75) is 6.92 Å². The molecule has 72 valence electrons. The van der Waals surface area contributed by atoms with Crippen LogP contribution < -0.4 is 11.5 Å². The molecule has 1 aromatic carbocycles. The second kappa shape index (κ2) is 2.99. The smallest absolute Gasteiger partial charge is 0.222 e. The number of halogens is 1. The van der Waals surface area contributed by atoms with Gasteiger partial charge in [-0.3, -0.25) is 0 Å². The molecule has 1 aromatic heterocycles. The first-order chi connectivity index (χ1) is 6.59. The van der Waals surface area contributed by atoms with Crippen LogP contribution in [0.2, 0.25) is 5.02 Å². The lowest BCUT2D eigenvalue weighted by Gasteiger charge is -2.06. The van der Waals surface area contributed by atoms with E-state index in [0.717, 1.165) is 10.9 Å². The Hall–Kier alpha value is -1.55. The minimum atomic E-state index is 0.141. The van der Waals surface area contributed by atoms with Gasteiger partial charge in [0.05, 0.1) is 10.5 Å². The fourth-order valence-corrected chi connectivity index (χ4v) is 1.62. The van der Waals surface area contributed by atoms with Crippen molar-refractivity contribution in [2.75, 3.05) is 11.5 Å². The fraction of sp³-hybridized carbons (Fsp3) is 0.111. The zero-order valence-electron chi connectivity index (χ0n) is 7.58. The van der Waals surface area contributed by atoms with Crippen molar-refractivity contribution < 1.29 is 0 Å². The highest BCUT2D eigenvalue weighted by Gasteiger charge is 2.08. The molecule has 0 unspecified atom stereocenters. The maximum Gasteiger partial charge on any atom is 0.222 e. The minimum absolute atomic E-state index is 0.141. The molecule has 4 N–H and O–H groups in total. The number of benzene rings is 1. The van der Waals surface area contributed by atoms with Crippen LogP contribution in [0.1, 0.15) is 5.56 Å². The maximum atomic E-state index is 5.97. The predicted molar refractivity (Wildman–Crippen MR) is 58.1 cm³/mol. The van der Waals surface area contributed by atoms with E-state index in [-0.39, 0.29) is 5.95 Å². The van der Waals surface area contributed by atoms with Gasteiger partial charge < -0.3 is 11.5 Å². The number of anilines is 2. The van der Waals surface area contributed by atoms with Gasteiger partial charge in [-0.05, 0) is 18.6 Å². The van der Waals surface area contributed by atoms with Crippen molar-refractivity contribution in [3.8, 4) is 0 Å². The van der Waals surface area contributed by atoms with Crippen LogP contribution in [0.25, 0.3) is 10.9 Å².